The van der Waals surface area contributed by atoms with Gasteiger partial charge >= 0.3 is 0 Å². The summed E-state index contributed by atoms with van der Waals surface area (Å²) in [6, 6.07) is 8.89. The highest BCUT2D eigenvalue weighted by Gasteiger charge is 2.31. The fourth-order valence-electron chi connectivity index (χ4n) is 5.54. The summed E-state index contributed by atoms with van der Waals surface area (Å²) in [4.78, 5) is 11.6. The minimum atomic E-state index is -3.52. The van der Waals surface area contributed by atoms with Crippen molar-refractivity contribution in [2.75, 3.05) is 30.8 Å². The van der Waals surface area contributed by atoms with Crippen molar-refractivity contribution in [1.29, 1.82) is 0 Å². The van der Waals surface area contributed by atoms with Gasteiger partial charge in [0.05, 0.1) is 27.7 Å². The number of sulfone groups is 1. The first-order chi connectivity index (χ1) is 18.5. The van der Waals surface area contributed by atoms with Crippen LogP contribution in [0.2, 0.25) is 5.02 Å². The van der Waals surface area contributed by atoms with E-state index >= 15 is 0 Å². The molecule has 8 nitrogen and oxygen atoms in total. The van der Waals surface area contributed by atoms with E-state index in [9.17, 15) is 8.42 Å². The number of nitrogens with zero attached hydrogens (tertiary/aromatic N) is 3. The van der Waals surface area contributed by atoms with Gasteiger partial charge in [-0.05, 0) is 95.9 Å². The molecule has 1 saturated heterocycles. The zero-order valence-electron chi connectivity index (χ0n) is 23.1. The highest BCUT2D eigenvalue weighted by atomic mass is 35.5. The molecule has 0 aliphatic carbocycles. The predicted molar refractivity (Wildman–Crippen MR) is 157 cm³/mol. The Bertz CT molecular complexity index is 1490. The molecule has 0 amide bonds. The second kappa shape index (κ2) is 10.9. The fraction of sp³-hybridized carbons (Fsp3) is 0.448. The first-order valence-corrected chi connectivity index (χ1v) is 15.4. The molecule has 2 N–H and O–H groups in total. The zero-order chi connectivity index (χ0) is 27.9. The highest BCUT2D eigenvalue weighted by Crippen LogP contribution is 2.45. The topological polar surface area (TPSA) is 96.5 Å². The predicted octanol–water partition coefficient (Wildman–Crippen LogP) is 6.24. The maximum Gasteiger partial charge on any atom is 0.229 e. The van der Waals surface area contributed by atoms with Crippen LogP contribution in [0.5, 0.6) is 5.75 Å². The number of aromatic nitrogens is 2. The van der Waals surface area contributed by atoms with Crippen LogP contribution in [-0.4, -0.2) is 54.8 Å². The van der Waals surface area contributed by atoms with Gasteiger partial charge in [-0.15, -0.1) is 0 Å². The lowest BCUT2D eigenvalue weighted by molar-refractivity contribution is 0.254. The van der Waals surface area contributed by atoms with Gasteiger partial charge in [-0.25, -0.2) is 13.4 Å². The largest absolute Gasteiger partial charge is 0.488 e. The summed E-state index contributed by atoms with van der Waals surface area (Å²) < 4.78 is 32.2. The Morgan fingerprint density at radius 1 is 1.13 bits per heavy atom. The highest BCUT2D eigenvalue weighted by molar-refractivity contribution is 7.92. The number of para-hydroxylation sites is 1. The molecule has 39 heavy (non-hydrogen) atoms. The molecular formula is C29H36ClN5O3S. The van der Waals surface area contributed by atoms with Crippen molar-refractivity contribution in [2.24, 2.45) is 0 Å². The molecule has 1 aromatic heterocycles. The SMILES string of the molecule is Cc1cc(Nc2ncc(Cl)c(Nc3ccccc3S(=O)(=O)C(C)C)n2)c2c(c1C1CCN(C)CC1)CC(C)O2. The normalized spacial score (nSPS) is 18.2. The molecule has 1 fully saturated rings. The third-order valence-electron chi connectivity index (χ3n) is 7.62. The van der Waals surface area contributed by atoms with Crippen LogP contribution in [0.1, 0.15) is 56.2 Å². The molecule has 0 radical (unpaired) electrons. The zero-order valence-corrected chi connectivity index (χ0v) is 24.7. The van der Waals surface area contributed by atoms with Crippen LogP contribution in [0.25, 0.3) is 0 Å². The fourth-order valence-corrected chi connectivity index (χ4v) is 6.88. The first kappa shape index (κ1) is 27.7. The minimum absolute atomic E-state index is 0.0927. The van der Waals surface area contributed by atoms with Gasteiger partial charge in [-0.2, -0.15) is 4.98 Å². The molecule has 0 spiro atoms. The number of benzene rings is 2. The average molecular weight is 570 g/mol. The van der Waals surface area contributed by atoms with Crippen LogP contribution in [0.4, 0.5) is 23.1 Å². The van der Waals surface area contributed by atoms with Crippen molar-refractivity contribution >= 4 is 44.6 Å². The Hall–Kier alpha value is -2.88. The number of aryl methyl sites for hydroxylation is 1. The smallest absolute Gasteiger partial charge is 0.229 e. The molecule has 208 valence electrons. The second-order valence-electron chi connectivity index (χ2n) is 10.9. The number of halogens is 1. The lowest BCUT2D eigenvalue weighted by atomic mass is 9.82. The van der Waals surface area contributed by atoms with Gasteiger partial charge in [0.2, 0.25) is 5.95 Å². The summed E-state index contributed by atoms with van der Waals surface area (Å²) >= 11 is 6.44. The van der Waals surface area contributed by atoms with Crippen molar-refractivity contribution in [2.45, 2.75) is 69.1 Å². The summed E-state index contributed by atoms with van der Waals surface area (Å²) in [5.41, 5.74) is 5.17. The van der Waals surface area contributed by atoms with Crippen LogP contribution in [0.3, 0.4) is 0 Å². The van der Waals surface area contributed by atoms with Gasteiger partial charge in [0.1, 0.15) is 16.9 Å². The van der Waals surface area contributed by atoms with Gasteiger partial charge in [0.15, 0.2) is 15.7 Å². The summed E-state index contributed by atoms with van der Waals surface area (Å²) in [6.07, 6.45) is 4.77. The van der Waals surface area contributed by atoms with Crippen molar-refractivity contribution in [3.8, 4) is 5.75 Å². The van der Waals surface area contributed by atoms with E-state index in [0.717, 1.165) is 43.8 Å². The minimum Gasteiger partial charge on any atom is -0.488 e. The molecule has 2 aromatic carbocycles. The quantitative estimate of drug-likeness (QED) is 0.345. The number of hydrogen-bond donors (Lipinski definition) is 2. The maximum absolute atomic E-state index is 12.9. The summed E-state index contributed by atoms with van der Waals surface area (Å²) in [6.45, 7) is 9.79. The monoisotopic (exact) mass is 569 g/mol. The van der Waals surface area contributed by atoms with E-state index in [4.69, 9.17) is 16.3 Å². The Kier molecular flexibility index (Phi) is 7.77. The van der Waals surface area contributed by atoms with Crippen molar-refractivity contribution in [3.05, 3.63) is 58.2 Å². The van der Waals surface area contributed by atoms with Crippen LogP contribution in [0.15, 0.2) is 41.4 Å². The van der Waals surface area contributed by atoms with Gasteiger partial charge < -0.3 is 20.3 Å². The molecule has 2 aliphatic heterocycles. The Labute approximate surface area is 236 Å². The van der Waals surface area contributed by atoms with E-state index in [1.54, 1.807) is 38.1 Å². The molecule has 10 heteroatoms. The number of ether oxygens (including phenoxy) is 1. The summed E-state index contributed by atoms with van der Waals surface area (Å²) in [7, 11) is -1.33. The second-order valence-corrected chi connectivity index (χ2v) is 13.8. The Balaban J connectivity index is 1.46. The number of rotatable bonds is 7. The molecule has 1 unspecified atom stereocenters. The number of anilines is 4. The number of hydrogen-bond acceptors (Lipinski definition) is 8. The van der Waals surface area contributed by atoms with Gasteiger partial charge in [-0.1, -0.05) is 23.7 Å². The summed E-state index contributed by atoms with van der Waals surface area (Å²) in [5, 5.41) is 6.18. The van der Waals surface area contributed by atoms with Crippen molar-refractivity contribution in [1.82, 2.24) is 14.9 Å². The van der Waals surface area contributed by atoms with E-state index in [-0.39, 0.29) is 16.0 Å². The average Bonchev–Trinajstić information content (AvgIpc) is 3.28. The standard InChI is InChI=1S/C29H36ClN5O3S/c1-17(2)39(36,37)25-9-7-6-8-23(25)32-28-22(30)16-31-29(34-28)33-24-14-18(3)26(20-10-12-35(5)13-11-20)21-15-19(4)38-27(21)24/h6-9,14,16-17,19-20H,10-13,15H2,1-5H3,(H2,31,32,33,34). The Morgan fingerprint density at radius 2 is 1.85 bits per heavy atom. The van der Waals surface area contributed by atoms with E-state index in [1.165, 1.54) is 22.9 Å². The van der Waals surface area contributed by atoms with Gasteiger partial charge in [-0.3, -0.25) is 0 Å². The van der Waals surface area contributed by atoms with Crippen LogP contribution in [0, 0.1) is 6.92 Å². The first-order valence-electron chi connectivity index (χ1n) is 13.5. The third kappa shape index (κ3) is 5.58. The van der Waals surface area contributed by atoms with E-state index in [0.29, 0.717) is 23.4 Å². The number of piperidine rings is 1. The van der Waals surface area contributed by atoms with Crippen LogP contribution >= 0.6 is 11.6 Å². The molecule has 0 bridgehead atoms. The molecule has 1 atom stereocenters. The van der Waals surface area contributed by atoms with Crippen LogP contribution < -0.4 is 15.4 Å². The lowest BCUT2D eigenvalue weighted by Crippen LogP contribution is -2.29. The van der Waals surface area contributed by atoms with E-state index < -0.39 is 15.1 Å². The molecular weight excluding hydrogens is 534 g/mol. The lowest BCUT2D eigenvalue weighted by Gasteiger charge is -2.31. The summed E-state index contributed by atoms with van der Waals surface area (Å²) in [5.74, 6) is 2.04. The number of nitrogens with one attached hydrogen (secondary N) is 2. The molecule has 3 heterocycles. The van der Waals surface area contributed by atoms with E-state index in [2.05, 4.69) is 52.5 Å². The van der Waals surface area contributed by atoms with Gasteiger partial charge in [0.25, 0.3) is 0 Å². The molecule has 0 saturated carbocycles. The molecule has 3 aromatic rings. The third-order valence-corrected chi connectivity index (χ3v) is 10.1. The Morgan fingerprint density at radius 3 is 2.56 bits per heavy atom. The van der Waals surface area contributed by atoms with Crippen molar-refractivity contribution < 1.29 is 13.2 Å². The number of likely N-dealkylation sites (tertiary alicyclic amines) is 1. The van der Waals surface area contributed by atoms with Crippen LogP contribution in [-0.2, 0) is 16.3 Å². The van der Waals surface area contributed by atoms with E-state index in [1.807, 2.05) is 0 Å². The maximum atomic E-state index is 12.9. The molecule has 2 aliphatic rings. The molecule has 5 rings (SSSR count). The van der Waals surface area contributed by atoms with Crippen molar-refractivity contribution in [3.63, 3.8) is 0 Å². The number of fused-ring (bicyclic) bond motifs is 1. The van der Waals surface area contributed by atoms with Gasteiger partial charge in [0, 0.05) is 12.0 Å².